The molecule has 0 N–H and O–H groups in total. The highest BCUT2D eigenvalue weighted by molar-refractivity contribution is 7.89. The minimum Gasteiger partial charge on any atom is -0.465 e. The van der Waals surface area contributed by atoms with Gasteiger partial charge in [-0.1, -0.05) is 13.0 Å². The van der Waals surface area contributed by atoms with Crippen LogP contribution in [0.25, 0.3) is 0 Å². The van der Waals surface area contributed by atoms with Gasteiger partial charge in [-0.15, -0.1) is 22.7 Å². The van der Waals surface area contributed by atoms with Gasteiger partial charge in [-0.3, -0.25) is 0 Å². The third kappa shape index (κ3) is 3.34. The lowest BCUT2D eigenvalue weighted by Gasteiger charge is -2.19. The number of sulfonamides is 1. The number of hydrogen-bond donors (Lipinski definition) is 0. The number of carbonyl (C=O) groups is 1. The van der Waals surface area contributed by atoms with E-state index in [9.17, 15) is 13.2 Å². The van der Waals surface area contributed by atoms with Gasteiger partial charge in [0.25, 0.3) is 0 Å². The van der Waals surface area contributed by atoms with Gasteiger partial charge in [-0.2, -0.15) is 4.31 Å². The van der Waals surface area contributed by atoms with Crippen LogP contribution >= 0.6 is 22.7 Å². The predicted molar refractivity (Wildman–Crippen MR) is 83.2 cm³/mol. The molecule has 0 aromatic carbocycles. The molecular weight excluding hydrogens is 330 g/mol. The number of methoxy groups -OCH3 is 1. The van der Waals surface area contributed by atoms with Gasteiger partial charge >= 0.3 is 5.97 Å². The van der Waals surface area contributed by atoms with E-state index in [1.165, 1.54) is 28.8 Å². The zero-order valence-corrected chi connectivity index (χ0v) is 14.1. The highest BCUT2D eigenvalue weighted by atomic mass is 32.2. The Morgan fingerprint density at radius 1 is 1.29 bits per heavy atom. The number of carbonyl (C=O) groups excluding carboxylic acids is 1. The summed E-state index contributed by atoms with van der Waals surface area (Å²) in [6, 6.07) is 5.21. The average Bonchev–Trinajstić information content (AvgIpc) is 3.14. The SMILES string of the molecule is CCN(Cc1cccs1)S(=O)(=O)c1ccsc1C(=O)OC. The molecule has 0 saturated carbocycles. The summed E-state index contributed by atoms with van der Waals surface area (Å²) >= 11 is 2.57. The molecule has 2 aromatic heterocycles. The molecule has 0 aliphatic rings. The lowest BCUT2D eigenvalue weighted by atomic mass is 10.4. The van der Waals surface area contributed by atoms with E-state index >= 15 is 0 Å². The molecule has 8 heteroatoms. The minimum absolute atomic E-state index is 0.0118. The summed E-state index contributed by atoms with van der Waals surface area (Å²) in [5.74, 6) is -0.629. The molecule has 0 atom stereocenters. The van der Waals surface area contributed by atoms with Gasteiger partial charge in [0, 0.05) is 18.0 Å². The first-order valence-electron chi connectivity index (χ1n) is 6.19. The zero-order chi connectivity index (χ0) is 15.5. The fourth-order valence-electron chi connectivity index (χ4n) is 1.82. The van der Waals surface area contributed by atoms with Crippen LogP contribution in [-0.2, 0) is 21.3 Å². The van der Waals surface area contributed by atoms with Gasteiger partial charge in [0.15, 0.2) is 0 Å². The van der Waals surface area contributed by atoms with Crippen LogP contribution in [0.1, 0.15) is 21.5 Å². The highest BCUT2D eigenvalue weighted by Crippen LogP contribution is 2.27. The highest BCUT2D eigenvalue weighted by Gasteiger charge is 2.29. The third-order valence-corrected chi connectivity index (χ3v) is 6.73. The van der Waals surface area contributed by atoms with Crippen LogP contribution in [-0.4, -0.2) is 32.3 Å². The Hall–Kier alpha value is -1.22. The van der Waals surface area contributed by atoms with Crippen LogP contribution in [0, 0.1) is 0 Å². The second-order valence-corrected chi connectivity index (χ2v) is 7.97. The standard InChI is InChI=1S/C13H15NO4S3/c1-3-14(9-10-5-4-7-19-10)21(16,17)11-6-8-20-12(11)13(15)18-2/h4-8H,3,9H2,1-2H3. The Morgan fingerprint density at radius 3 is 2.62 bits per heavy atom. The molecule has 0 amide bonds. The number of ether oxygens (including phenoxy) is 1. The van der Waals surface area contributed by atoms with Crippen molar-refractivity contribution in [3.05, 3.63) is 38.7 Å². The third-order valence-electron chi connectivity index (χ3n) is 2.88. The van der Waals surface area contributed by atoms with Crippen LogP contribution in [0.2, 0.25) is 0 Å². The number of esters is 1. The van der Waals surface area contributed by atoms with Crippen LogP contribution in [0.3, 0.4) is 0 Å². The van der Waals surface area contributed by atoms with Crippen molar-refractivity contribution in [3.63, 3.8) is 0 Å². The Labute approximate surface area is 131 Å². The van der Waals surface area contributed by atoms with Gasteiger partial charge < -0.3 is 4.74 Å². The van der Waals surface area contributed by atoms with E-state index in [-0.39, 0.29) is 9.77 Å². The van der Waals surface area contributed by atoms with Crippen molar-refractivity contribution in [1.82, 2.24) is 4.31 Å². The maximum absolute atomic E-state index is 12.7. The molecule has 0 unspecified atom stereocenters. The second kappa shape index (κ2) is 6.69. The molecule has 114 valence electrons. The summed E-state index contributed by atoms with van der Waals surface area (Å²) in [6.07, 6.45) is 0. The number of rotatable bonds is 6. The van der Waals surface area contributed by atoms with Crippen molar-refractivity contribution in [1.29, 1.82) is 0 Å². The summed E-state index contributed by atoms with van der Waals surface area (Å²) in [7, 11) is -2.48. The summed E-state index contributed by atoms with van der Waals surface area (Å²) in [4.78, 5) is 12.8. The minimum atomic E-state index is -3.72. The van der Waals surface area contributed by atoms with Crippen molar-refractivity contribution in [2.75, 3.05) is 13.7 Å². The van der Waals surface area contributed by atoms with Crippen molar-refractivity contribution in [3.8, 4) is 0 Å². The maximum atomic E-state index is 12.7. The van der Waals surface area contributed by atoms with E-state index in [1.54, 1.807) is 12.3 Å². The molecule has 0 aliphatic heterocycles. The lowest BCUT2D eigenvalue weighted by Crippen LogP contribution is -2.30. The van der Waals surface area contributed by atoms with E-state index in [2.05, 4.69) is 4.74 Å². The smallest absolute Gasteiger partial charge is 0.349 e. The molecule has 2 heterocycles. The van der Waals surface area contributed by atoms with Crippen LogP contribution in [0.15, 0.2) is 33.9 Å². The summed E-state index contributed by atoms with van der Waals surface area (Å²) in [5, 5.41) is 3.48. The van der Waals surface area contributed by atoms with Crippen molar-refractivity contribution in [2.24, 2.45) is 0 Å². The quantitative estimate of drug-likeness (QED) is 0.755. The molecule has 0 bridgehead atoms. The maximum Gasteiger partial charge on any atom is 0.349 e. The molecule has 0 radical (unpaired) electrons. The number of hydrogen-bond acceptors (Lipinski definition) is 6. The predicted octanol–water partition coefficient (Wildman–Crippen LogP) is 2.81. The van der Waals surface area contributed by atoms with Crippen LogP contribution in [0.5, 0.6) is 0 Å². The first-order valence-corrected chi connectivity index (χ1v) is 9.39. The topological polar surface area (TPSA) is 63.7 Å². The summed E-state index contributed by atoms with van der Waals surface area (Å²) in [5.41, 5.74) is 0. The monoisotopic (exact) mass is 345 g/mol. The van der Waals surface area contributed by atoms with Gasteiger partial charge in [0.05, 0.1) is 7.11 Å². The molecule has 0 saturated heterocycles. The fourth-order valence-corrected chi connectivity index (χ4v) is 5.36. The van der Waals surface area contributed by atoms with Crippen molar-refractivity contribution >= 4 is 38.7 Å². The van der Waals surface area contributed by atoms with Gasteiger partial charge in [-0.25, -0.2) is 13.2 Å². The summed E-state index contributed by atoms with van der Waals surface area (Å²) in [6.45, 7) is 2.40. The van der Waals surface area contributed by atoms with Gasteiger partial charge in [0.2, 0.25) is 10.0 Å². The van der Waals surface area contributed by atoms with E-state index < -0.39 is 16.0 Å². The molecule has 21 heavy (non-hydrogen) atoms. The Kier molecular flexibility index (Phi) is 5.15. The molecule has 2 rings (SSSR count). The zero-order valence-electron chi connectivity index (χ0n) is 11.6. The Bertz CT molecular complexity index is 704. The second-order valence-electron chi connectivity index (χ2n) is 4.12. The Balaban J connectivity index is 2.36. The molecule has 0 aliphatic carbocycles. The van der Waals surface area contributed by atoms with Crippen molar-refractivity contribution in [2.45, 2.75) is 18.4 Å². The van der Waals surface area contributed by atoms with Crippen LogP contribution in [0.4, 0.5) is 0 Å². The molecule has 5 nitrogen and oxygen atoms in total. The van der Waals surface area contributed by atoms with E-state index in [1.807, 2.05) is 17.5 Å². The lowest BCUT2D eigenvalue weighted by molar-refractivity contribution is 0.0602. The fraction of sp³-hybridized carbons (Fsp3) is 0.308. The normalized spacial score (nSPS) is 11.8. The summed E-state index contributed by atoms with van der Waals surface area (Å²) < 4.78 is 31.4. The molecular formula is C13H15NO4S3. The largest absolute Gasteiger partial charge is 0.465 e. The molecule has 0 fully saturated rings. The molecule has 0 spiro atoms. The van der Waals surface area contributed by atoms with E-state index in [0.29, 0.717) is 13.1 Å². The molecule has 2 aromatic rings. The first-order chi connectivity index (χ1) is 10.0. The van der Waals surface area contributed by atoms with Crippen LogP contribution < -0.4 is 0 Å². The number of thiophene rings is 2. The Morgan fingerprint density at radius 2 is 2.05 bits per heavy atom. The van der Waals surface area contributed by atoms with Crippen molar-refractivity contribution < 1.29 is 17.9 Å². The van der Waals surface area contributed by atoms with Gasteiger partial charge in [0.1, 0.15) is 9.77 Å². The van der Waals surface area contributed by atoms with Gasteiger partial charge in [-0.05, 0) is 22.9 Å². The number of nitrogens with zero attached hydrogens (tertiary/aromatic N) is 1. The van der Waals surface area contributed by atoms with E-state index in [4.69, 9.17) is 0 Å². The van der Waals surface area contributed by atoms with E-state index in [0.717, 1.165) is 16.2 Å². The average molecular weight is 345 g/mol. The first kappa shape index (κ1) is 16.2.